The first kappa shape index (κ1) is 37.2. The molecule has 0 fully saturated rings. The normalized spacial score (nSPS) is 12.1. The minimum atomic E-state index is 0.601. The van der Waals surface area contributed by atoms with E-state index >= 15 is 0 Å². The summed E-state index contributed by atoms with van der Waals surface area (Å²) < 4.78 is 6.91. The molecule has 0 radical (unpaired) electrons. The van der Waals surface area contributed by atoms with Crippen molar-refractivity contribution in [2.24, 2.45) is 0 Å². The molecular formula is C58H40N6. The van der Waals surface area contributed by atoms with Gasteiger partial charge in [-0.1, -0.05) is 134 Å². The molecule has 12 aromatic rings. The molecule has 0 amide bonds. The first-order valence-corrected chi connectivity index (χ1v) is 21.6. The third-order valence-electron chi connectivity index (χ3n) is 12.4. The Morgan fingerprint density at radius 1 is 0.453 bits per heavy atom. The van der Waals surface area contributed by atoms with E-state index in [0.717, 1.165) is 99.8 Å². The first-order chi connectivity index (χ1) is 31.6. The van der Waals surface area contributed by atoms with Gasteiger partial charge in [-0.3, -0.25) is 9.55 Å². The number of aromatic nitrogens is 6. The molecule has 0 bridgehead atoms. The lowest BCUT2D eigenvalue weighted by atomic mass is 10.0. The number of hydrogen-bond acceptors (Lipinski definition) is 3. The van der Waals surface area contributed by atoms with Crippen LogP contribution in [0.5, 0.6) is 0 Å². The number of hydrogen-bond donors (Lipinski definition) is 0. The van der Waals surface area contributed by atoms with Crippen molar-refractivity contribution < 1.29 is 0 Å². The van der Waals surface area contributed by atoms with E-state index in [1.54, 1.807) is 0 Å². The van der Waals surface area contributed by atoms with Crippen LogP contribution < -0.4 is 0 Å². The standard InChI is InChI=1S/C58H40N6/c1-3-4-6-17-38(2)49-37-50(39-18-7-5-8-19-39)61-58(60-49)64-52-26-13-10-23-45(52)48-35-41(30-32-55(48)64)40-29-31-54-47(34-40)44-22-9-12-25-51(44)62(54)42-20-15-21-43(36-42)63-53-27-14-11-24-46(53)57-56(63)28-16-33-59-57/h3-37H,2H2,1H3/b4-3-,17-6-. The van der Waals surface area contributed by atoms with E-state index < -0.39 is 0 Å². The van der Waals surface area contributed by atoms with Gasteiger partial charge in [0.25, 0.3) is 0 Å². The Morgan fingerprint density at radius 2 is 1.02 bits per heavy atom. The maximum atomic E-state index is 5.21. The summed E-state index contributed by atoms with van der Waals surface area (Å²) in [4.78, 5) is 15.2. The average molecular weight is 821 g/mol. The Bertz CT molecular complexity index is 3820. The van der Waals surface area contributed by atoms with Crippen LogP contribution in [0.25, 0.3) is 111 Å². The van der Waals surface area contributed by atoms with Gasteiger partial charge in [-0.15, -0.1) is 0 Å². The second kappa shape index (κ2) is 15.1. The van der Waals surface area contributed by atoms with E-state index in [1.165, 1.54) is 10.8 Å². The van der Waals surface area contributed by atoms with Crippen LogP contribution in [0.15, 0.2) is 219 Å². The molecule has 0 unspecified atom stereocenters. The molecule has 6 heteroatoms. The van der Waals surface area contributed by atoms with Crippen LogP contribution in [0.1, 0.15) is 12.6 Å². The average Bonchev–Trinajstić information content (AvgIpc) is 3.99. The van der Waals surface area contributed by atoms with Crippen molar-refractivity contribution in [1.82, 2.24) is 28.7 Å². The molecule has 0 atom stereocenters. The molecule has 0 N–H and O–H groups in total. The summed E-state index contributed by atoms with van der Waals surface area (Å²) in [5.41, 5.74) is 15.5. The van der Waals surface area contributed by atoms with Gasteiger partial charge in [0.2, 0.25) is 5.95 Å². The van der Waals surface area contributed by atoms with Gasteiger partial charge in [0.15, 0.2) is 0 Å². The van der Waals surface area contributed by atoms with Gasteiger partial charge in [-0.05, 0) is 102 Å². The fourth-order valence-corrected chi connectivity index (χ4v) is 9.46. The SMILES string of the molecule is C=C(/C=C\C=C/C)c1cc(-c2ccccc2)nc(-n2c3ccccc3c3cc(-c4ccc5c(c4)c4ccccc4n5-c4cccc(-n5c6ccccc6c6ncccc65)c4)ccc32)n1. The van der Waals surface area contributed by atoms with Crippen molar-refractivity contribution >= 4 is 71.1 Å². The summed E-state index contributed by atoms with van der Waals surface area (Å²) >= 11 is 0. The maximum Gasteiger partial charge on any atom is 0.235 e. The van der Waals surface area contributed by atoms with Crippen molar-refractivity contribution in [2.45, 2.75) is 6.92 Å². The van der Waals surface area contributed by atoms with Crippen LogP contribution in [0.2, 0.25) is 0 Å². The molecule has 0 aliphatic carbocycles. The zero-order valence-electron chi connectivity index (χ0n) is 35.1. The Morgan fingerprint density at radius 3 is 1.70 bits per heavy atom. The molecular weight excluding hydrogens is 781 g/mol. The second-order valence-electron chi connectivity index (χ2n) is 16.1. The number of pyridine rings is 1. The van der Waals surface area contributed by atoms with Crippen LogP contribution in [0.3, 0.4) is 0 Å². The summed E-state index contributed by atoms with van der Waals surface area (Å²) in [7, 11) is 0. The number of para-hydroxylation sites is 3. The molecule has 6 nitrogen and oxygen atoms in total. The van der Waals surface area contributed by atoms with E-state index in [1.807, 2.05) is 67.8 Å². The largest absolute Gasteiger partial charge is 0.309 e. The molecule has 0 aliphatic heterocycles. The first-order valence-electron chi connectivity index (χ1n) is 21.6. The highest BCUT2D eigenvalue weighted by Gasteiger charge is 2.20. The zero-order chi connectivity index (χ0) is 42.7. The maximum absolute atomic E-state index is 5.21. The molecule has 7 aromatic carbocycles. The molecule has 64 heavy (non-hydrogen) atoms. The van der Waals surface area contributed by atoms with Crippen LogP contribution in [-0.2, 0) is 0 Å². The molecule has 0 saturated heterocycles. The number of nitrogens with zero attached hydrogens (tertiary/aromatic N) is 6. The summed E-state index contributed by atoms with van der Waals surface area (Å²) in [6, 6.07) is 64.7. The Hall–Kier alpha value is -8.61. The lowest BCUT2D eigenvalue weighted by Gasteiger charge is -2.13. The fraction of sp³-hybridized carbons (Fsp3) is 0.0172. The molecule has 5 heterocycles. The third-order valence-corrected chi connectivity index (χ3v) is 12.4. The van der Waals surface area contributed by atoms with E-state index in [4.69, 9.17) is 15.0 Å². The molecule has 0 aliphatic rings. The van der Waals surface area contributed by atoms with Crippen molar-refractivity contribution in [3.05, 3.63) is 225 Å². The minimum Gasteiger partial charge on any atom is -0.309 e. The third kappa shape index (κ3) is 5.99. The lowest BCUT2D eigenvalue weighted by Crippen LogP contribution is -2.04. The predicted molar refractivity (Wildman–Crippen MR) is 267 cm³/mol. The second-order valence-corrected chi connectivity index (χ2v) is 16.1. The summed E-state index contributed by atoms with van der Waals surface area (Å²) in [5, 5.41) is 5.82. The van der Waals surface area contributed by atoms with Crippen molar-refractivity contribution in [2.75, 3.05) is 0 Å². The van der Waals surface area contributed by atoms with Gasteiger partial charge in [0, 0.05) is 50.1 Å². The zero-order valence-corrected chi connectivity index (χ0v) is 35.1. The van der Waals surface area contributed by atoms with Crippen LogP contribution in [-0.4, -0.2) is 28.7 Å². The minimum absolute atomic E-state index is 0.601. The highest BCUT2D eigenvalue weighted by Crippen LogP contribution is 2.39. The topological polar surface area (TPSA) is 53.5 Å². The number of rotatable bonds is 8. The summed E-state index contributed by atoms with van der Waals surface area (Å²) in [5.74, 6) is 0.601. The van der Waals surface area contributed by atoms with Crippen molar-refractivity contribution in [1.29, 1.82) is 0 Å². The van der Waals surface area contributed by atoms with E-state index in [-0.39, 0.29) is 0 Å². The van der Waals surface area contributed by atoms with Crippen molar-refractivity contribution in [3.63, 3.8) is 0 Å². The molecule has 302 valence electrons. The van der Waals surface area contributed by atoms with Crippen molar-refractivity contribution in [3.8, 4) is 39.7 Å². The van der Waals surface area contributed by atoms with Crippen LogP contribution in [0.4, 0.5) is 0 Å². The van der Waals surface area contributed by atoms with Gasteiger partial charge in [-0.25, -0.2) is 9.97 Å². The van der Waals surface area contributed by atoms with Crippen LogP contribution in [0, 0.1) is 0 Å². The monoisotopic (exact) mass is 820 g/mol. The summed E-state index contributed by atoms with van der Waals surface area (Å²) in [6.45, 7) is 6.39. The molecule has 12 rings (SSSR count). The number of benzene rings is 7. The van der Waals surface area contributed by atoms with Gasteiger partial charge in [-0.2, -0.15) is 0 Å². The Labute approximate surface area is 369 Å². The number of fused-ring (bicyclic) bond motifs is 9. The fourth-order valence-electron chi connectivity index (χ4n) is 9.46. The predicted octanol–water partition coefficient (Wildman–Crippen LogP) is 14.6. The summed E-state index contributed by atoms with van der Waals surface area (Å²) in [6.07, 6.45) is 9.86. The van der Waals surface area contributed by atoms with E-state index in [9.17, 15) is 0 Å². The Balaban J connectivity index is 0.995. The molecule has 0 saturated carbocycles. The van der Waals surface area contributed by atoms with Gasteiger partial charge >= 0.3 is 0 Å². The van der Waals surface area contributed by atoms with Gasteiger partial charge in [0.1, 0.15) is 0 Å². The van der Waals surface area contributed by atoms with Gasteiger partial charge < -0.3 is 9.13 Å². The molecule has 0 spiro atoms. The quantitative estimate of drug-likeness (QED) is 0.144. The molecule has 5 aromatic heterocycles. The van der Waals surface area contributed by atoms with Gasteiger partial charge in [0.05, 0.1) is 50.0 Å². The highest BCUT2D eigenvalue weighted by molar-refractivity contribution is 6.13. The Kier molecular flexibility index (Phi) is 8.76. The van der Waals surface area contributed by atoms with E-state index in [2.05, 4.69) is 172 Å². The number of allylic oxidation sites excluding steroid dienone is 5. The smallest absolute Gasteiger partial charge is 0.235 e. The van der Waals surface area contributed by atoms with E-state index in [0.29, 0.717) is 5.95 Å². The van der Waals surface area contributed by atoms with Crippen LogP contribution >= 0.6 is 0 Å². The highest BCUT2D eigenvalue weighted by atomic mass is 15.2. The lowest BCUT2D eigenvalue weighted by molar-refractivity contribution is 0.984.